The third-order valence-electron chi connectivity index (χ3n) is 2.97. The lowest BCUT2D eigenvalue weighted by molar-refractivity contribution is 0.768. The first-order valence-corrected chi connectivity index (χ1v) is 6.34. The molecule has 3 aromatic heterocycles. The predicted octanol–water partition coefficient (Wildman–Crippen LogP) is 1.95. The van der Waals surface area contributed by atoms with E-state index in [0.717, 1.165) is 35.7 Å². The molecule has 3 heterocycles. The fourth-order valence-electron chi connectivity index (χ4n) is 2.05. The highest BCUT2D eigenvalue weighted by molar-refractivity contribution is 5.69. The highest BCUT2D eigenvalue weighted by atomic mass is 15.2. The third-order valence-corrected chi connectivity index (χ3v) is 2.97. The standard InChI is InChI=1S/C13H16N6/c1-3-4-14-12-13-16-8-11(19(13)6-5-15-12)10-7-17-18(2)9-10/h5-9H,3-4H2,1-2H3,(H,14,15). The topological polar surface area (TPSA) is 60.0 Å². The van der Waals surface area contributed by atoms with Crippen molar-refractivity contribution in [2.24, 2.45) is 7.05 Å². The molecule has 0 spiro atoms. The summed E-state index contributed by atoms with van der Waals surface area (Å²) in [6, 6.07) is 0. The van der Waals surface area contributed by atoms with E-state index in [1.54, 1.807) is 10.9 Å². The predicted molar refractivity (Wildman–Crippen MR) is 74.0 cm³/mol. The van der Waals surface area contributed by atoms with E-state index in [2.05, 4.69) is 27.3 Å². The van der Waals surface area contributed by atoms with Crippen molar-refractivity contribution in [3.8, 4) is 11.3 Å². The van der Waals surface area contributed by atoms with Crippen molar-refractivity contribution in [3.63, 3.8) is 0 Å². The van der Waals surface area contributed by atoms with Crippen LogP contribution < -0.4 is 5.32 Å². The summed E-state index contributed by atoms with van der Waals surface area (Å²) in [5.41, 5.74) is 2.91. The Labute approximate surface area is 111 Å². The van der Waals surface area contributed by atoms with Crippen molar-refractivity contribution < 1.29 is 0 Å². The quantitative estimate of drug-likeness (QED) is 0.775. The van der Waals surface area contributed by atoms with Crippen LogP contribution >= 0.6 is 0 Å². The van der Waals surface area contributed by atoms with E-state index < -0.39 is 0 Å². The van der Waals surface area contributed by atoms with Crippen molar-refractivity contribution in [1.29, 1.82) is 0 Å². The third kappa shape index (κ3) is 2.05. The van der Waals surface area contributed by atoms with Gasteiger partial charge in [-0.3, -0.25) is 9.08 Å². The molecule has 0 aliphatic rings. The van der Waals surface area contributed by atoms with Gasteiger partial charge in [0.25, 0.3) is 0 Å². The number of nitrogens with one attached hydrogen (secondary N) is 1. The Bertz CT molecular complexity index is 696. The summed E-state index contributed by atoms with van der Waals surface area (Å²) in [5, 5.41) is 7.49. The fraction of sp³-hybridized carbons (Fsp3) is 0.308. The highest BCUT2D eigenvalue weighted by Crippen LogP contribution is 2.22. The van der Waals surface area contributed by atoms with Crippen molar-refractivity contribution in [1.82, 2.24) is 24.1 Å². The molecule has 0 radical (unpaired) electrons. The lowest BCUT2D eigenvalue weighted by Crippen LogP contribution is -2.04. The summed E-state index contributed by atoms with van der Waals surface area (Å²) >= 11 is 0. The number of aryl methyl sites for hydroxylation is 1. The normalized spacial score (nSPS) is 11.1. The number of aromatic nitrogens is 5. The van der Waals surface area contributed by atoms with Gasteiger partial charge in [-0.1, -0.05) is 6.92 Å². The molecular formula is C13H16N6. The smallest absolute Gasteiger partial charge is 0.180 e. The maximum atomic E-state index is 4.46. The molecule has 0 saturated heterocycles. The molecule has 98 valence electrons. The van der Waals surface area contributed by atoms with Gasteiger partial charge < -0.3 is 5.32 Å². The van der Waals surface area contributed by atoms with Crippen molar-refractivity contribution >= 4 is 11.5 Å². The Morgan fingerprint density at radius 3 is 2.89 bits per heavy atom. The van der Waals surface area contributed by atoms with Crippen LogP contribution in [0.1, 0.15) is 13.3 Å². The second kappa shape index (κ2) is 4.72. The summed E-state index contributed by atoms with van der Waals surface area (Å²) in [5.74, 6) is 0.819. The Kier molecular flexibility index (Phi) is 2.91. The van der Waals surface area contributed by atoms with Gasteiger partial charge in [0.1, 0.15) is 0 Å². The molecule has 0 saturated carbocycles. The van der Waals surface area contributed by atoms with Gasteiger partial charge in [-0.25, -0.2) is 9.97 Å². The molecule has 0 aromatic carbocycles. The maximum Gasteiger partial charge on any atom is 0.180 e. The molecule has 0 aliphatic carbocycles. The van der Waals surface area contributed by atoms with Gasteiger partial charge in [0.15, 0.2) is 11.5 Å². The van der Waals surface area contributed by atoms with E-state index in [1.165, 1.54) is 0 Å². The first-order valence-electron chi connectivity index (χ1n) is 6.34. The van der Waals surface area contributed by atoms with Crippen LogP contribution in [0.2, 0.25) is 0 Å². The lowest BCUT2D eigenvalue weighted by atomic mass is 10.3. The van der Waals surface area contributed by atoms with Crippen molar-refractivity contribution in [2.45, 2.75) is 13.3 Å². The van der Waals surface area contributed by atoms with Crippen LogP contribution in [0, 0.1) is 0 Å². The molecule has 6 nitrogen and oxygen atoms in total. The molecule has 0 unspecified atom stereocenters. The van der Waals surface area contributed by atoms with Crippen molar-refractivity contribution in [2.75, 3.05) is 11.9 Å². The SMILES string of the molecule is CCCNc1nccn2c(-c3cnn(C)c3)cnc12. The second-order valence-electron chi connectivity index (χ2n) is 4.44. The zero-order valence-corrected chi connectivity index (χ0v) is 11.0. The van der Waals surface area contributed by atoms with Gasteiger partial charge in [-0.05, 0) is 6.42 Å². The first-order chi connectivity index (χ1) is 9.29. The number of fused-ring (bicyclic) bond motifs is 1. The van der Waals surface area contributed by atoms with Crippen LogP contribution in [0.4, 0.5) is 5.82 Å². The lowest BCUT2D eigenvalue weighted by Gasteiger charge is -2.05. The minimum absolute atomic E-state index is 0.819. The summed E-state index contributed by atoms with van der Waals surface area (Å²) in [6.07, 6.45) is 10.4. The van der Waals surface area contributed by atoms with Crippen LogP contribution in [-0.2, 0) is 7.05 Å². The Morgan fingerprint density at radius 1 is 1.26 bits per heavy atom. The molecule has 3 rings (SSSR count). The largest absolute Gasteiger partial charge is 0.367 e. The summed E-state index contributed by atoms with van der Waals surface area (Å²) in [6.45, 7) is 3.02. The van der Waals surface area contributed by atoms with E-state index in [-0.39, 0.29) is 0 Å². The molecule has 19 heavy (non-hydrogen) atoms. The number of hydrogen-bond acceptors (Lipinski definition) is 4. The van der Waals surface area contributed by atoms with E-state index in [4.69, 9.17) is 0 Å². The van der Waals surface area contributed by atoms with Gasteiger partial charge in [0.2, 0.25) is 0 Å². The molecule has 0 amide bonds. The number of rotatable bonds is 4. The Hall–Kier alpha value is -2.37. The number of hydrogen-bond donors (Lipinski definition) is 1. The molecule has 6 heteroatoms. The van der Waals surface area contributed by atoms with E-state index >= 15 is 0 Å². The Balaban J connectivity index is 2.08. The van der Waals surface area contributed by atoms with E-state index in [9.17, 15) is 0 Å². The highest BCUT2D eigenvalue weighted by Gasteiger charge is 2.10. The van der Waals surface area contributed by atoms with Crippen LogP contribution in [0.5, 0.6) is 0 Å². The van der Waals surface area contributed by atoms with Gasteiger partial charge in [0, 0.05) is 37.7 Å². The summed E-state index contributed by atoms with van der Waals surface area (Å²) < 4.78 is 3.81. The van der Waals surface area contributed by atoms with Crippen LogP contribution in [0.3, 0.4) is 0 Å². The first kappa shape index (κ1) is 11.7. The molecule has 0 fully saturated rings. The molecule has 0 bridgehead atoms. The molecule has 0 atom stereocenters. The van der Waals surface area contributed by atoms with Gasteiger partial charge in [-0.2, -0.15) is 5.10 Å². The fourth-order valence-corrected chi connectivity index (χ4v) is 2.05. The van der Waals surface area contributed by atoms with Crippen LogP contribution in [0.25, 0.3) is 16.9 Å². The second-order valence-corrected chi connectivity index (χ2v) is 4.44. The molecule has 3 aromatic rings. The van der Waals surface area contributed by atoms with Crippen molar-refractivity contribution in [3.05, 3.63) is 31.0 Å². The van der Waals surface area contributed by atoms with Gasteiger partial charge in [0.05, 0.1) is 18.1 Å². The van der Waals surface area contributed by atoms with Crippen LogP contribution in [-0.4, -0.2) is 30.7 Å². The molecule has 0 aliphatic heterocycles. The Morgan fingerprint density at radius 2 is 2.16 bits per heavy atom. The molecular weight excluding hydrogens is 240 g/mol. The zero-order valence-electron chi connectivity index (χ0n) is 11.0. The minimum Gasteiger partial charge on any atom is -0.367 e. The summed E-state index contributed by atoms with van der Waals surface area (Å²) in [7, 11) is 1.91. The number of imidazole rings is 1. The van der Waals surface area contributed by atoms with Gasteiger partial charge >= 0.3 is 0 Å². The minimum atomic E-state index is 0.819. The van der Waals surface area contributed by atoms with E-state index in [1.807, 2.05) is 36.2 Å². The molecule has 1 N–H and O–H groups in total. The van der Waals surface area contributed by atoms with Crippen LogP contribution in [0.15, 0.2) is 31.0 Å². The number of anilines is 1. The maximum absolute atomic E-state index is 4.46. The number of nitrogens with zero attached hydrogens (tertiary/aromatic N) is 5. The zero-order chi connectivity index (χ0) is 13.2. The van der Waals surface area contributed by atoms with E-state index in [0.29, 0.717) is 0 Å². The average molecular weight is 256 g/mol. The monoisotopic (exact) mass is 256 g/mol. The van der Waals surface area contributed by atoms with Gasteiger partial charge in [-0.15, -0.1) is 0 Å². The summed E-state index contributed by atoms with van der Waals surface area (Å²) in [4.78, 5) is 8.80. The average Bonchev–Trinajstić information content (AvgIpc) is 3.02.